The number of hydrogen-bond acceptors (Lipinski definition) is 4. The largest absolute Gasteiger partial charge is 0.339 e. The summed E-state index contributed by atoms with van der Waals surface area (Å²) in [6.45, 7) is 6.62. The summed E-state index contributed by atoms with van der Waals surface area (Å²) in [6.07, 6.45) is 2.13. The molecule has 1 atom stereocenters. The normalized spacial score (nSPS) is 22.0. The fourth-order valence-corrected chi connectivity index (χ4v) is 4.82. The summed E-state index contributed by atoms with van der Waals surface area (Å²) in [5.41, 5.74) is 1.30. The molecule has 0 spiro atoms. The van der Waals surface area contributed by atoms with E-state index >= 15 is 0 Å². The molecular formula is C21H27N3OS. The zero-order valence-electron chi connectivity index (χ0n) is 15.2. The third-order valence-electron chi connectivity index (χ3n) is 5.52. The van der Waals surface area contributed by atoms with Gasteiger partial charge in [-0.1, -0.05) is 36.4 Å². The van der Waals surface area contributed by atoms with Crippen molar-refractivity contribution in [3.8, 4) is 0 Å². The first-order chi connectivity index (χ1) is 12.8. The van der Waals surface area contributed by atoms with E-state index in [4.69, 9.17) is 0 Å². The predicted octanol–water partition coefficient (Wildman–Crippen LogP) is 3.06. The molecule has 0 aliphatic carbocycles. The molecule has 5 heteroatoms. The highest BCUT2D eigenvalue weighted by atomic mass is 32.1. The molecule has 0 radical (unpaired) electrons. The number of piperazine rings is 1. The molecule has 4 rings (SSSR count). The second-order valence-corrected chi connectivity index (χ2v) is 8.33. The number of thiophene rings is 1. The molecule has 2 fully saturated rings. The Morgan fingerprint density at radius 1 is 0.962 bits per heavy atom. The summed E-state index contributed by atoms with van der Waals surface area (Å²) >= 11 is 1.82. The Labute approximate surface area is 160 Å². The molecule has 1 aromatic heterocycles. The van der Waals surface area contributed by atoms with Crippen LogP contribution in [0, 0.1) is 0 Å². The van der Waals surface area contributed by atoms with Gasteiger partial charge in [0.15, 0.2) is 0 Å². The lowest BCUT2D eigenvalue weighted by Gasteiger charge is -2.37. The van der Waals surface area contributed by atoms with Crippen LogP contribution in [0.25, 0.3) is 0 Å². The molecule has 0 saturated carbocycles. The molecule has 2 aliphatic heterocycles. The minimum Gasteiger partial charge on any atom is -0.339 e. The average molecular weight is 370 g/mol. The maximum absolute atomic E-state index is 13.1. The third kappa shape index (κ3) is 4.17. The summed E-state index contributed by atoms with van der Waals surface area (Å²) in [6, 6.07) is 14.9. The van der Waals surface area contributed by atoms with E-state index in [-0.39, 0.29) is 6.04 Å². The molecule has 1 aromatic carbocycles. The second kappa shape index (κ2) is 8.33. The Hall–Kier alpha value is -1.69. The fourth-order valence-electron chi connectivity index (χ4n) is 4.07. The molecular weight excluding hydrogens is 342 g/mol. The molecule has 3 heterocycles. The van der Waals surface area contributed by atoms with Gasteiger partial charge in [-0.05, 0) is 36.4 Å². The highest BCUT2D eigenvalue weighted by Gasteiger charge is 2.34. The molecule has 0 bridgehead atoms. The van der Waals surface area contributed by atoms with Crippen molar-refractivity contribution in [2.75, 3.05) is 32.7 Å². The number of amides is 1. The van der Waals surface area contributed by atoms with E-state index in [1.54, 1.807) is 0 Å². The van der Waals surface area contributed by atoms with Gasteiger partial charge in [0.25, 0.3) is 0 Å². The molecule has 1 unspecified atom stereocenters. The summed E-state index contributed by atoms with van der Waals surface area (Å²) in [7, 11) is 0. The molecule has 2 aromatic rings. The van der Waals surface area contributed by atoms with Gasteiger partial charge >= 0.3 is 0 Å². The summed E-state index contributed by atoms with van der Waals surface area (Å²) < 4.78 is 0. The van der Waals surface area contributed by atoms with Crippen molar-refractivity contribution < 1.29 is 4.79 Å². The smallest absolute Gasteiger partial charge is 0.240 e. The molecule has 138 valence electrons. The zero-order chi connectivity index (χ0) is 17.8. The Kier molecular flexibility index (Phi) is 5.68. The van der Waals surface area contributed by atoms with Crippen molar-refractivity contribution in [2.45, 2.75) is 32.0 Å². The average Bonchev–Trinajstić information content (AvgIpc) is 3.35. The van der Waals surface area contributed by atoms with Gasteiger partial charge in [0.2, 0.25) is 5.91 Å². The first-order valence-electron chi connectivity index (χ1n) is 9.61. The summed E-state index contributed by atoms with van der Waals surface area (Å²) in [4.78, 5) is 21.4. The van der Waals surface area contributed by atoms with Gasteiger partial charge in [-0.15, -0.1) is 11.3 Å². The lowest BCUT2D eigenvalue weighted by atomic mass is 10.1. The van der Waals surface area contributed by atoms with Gasteiger partial charge in [0.05, 0.1) is 6.04 Å². The Bertz CT molecular complexity index is 695. The van der Waals surface area contributed by atoms with Gasteiger partial charge in [-0.25, -0.2) is 0 Å². The van der Waals surface area contributed by atoms with Crippen LogP contribution >= 0.6 is 11.3 Å². The molecule has 2 saturated heterocycles. The fraction of sp³-hybridized carbons (Fsp3) is 0.476. The lowest BCUT2D eigenvalue weighted by Crippen LogP contribution is -2.53. The van der Waals surface area contributed by atoms with Gasteiger partial charge in [0.1, 0.15) is 0 Å². The van der Waals surface area contributed by atoms with Crippen LogP contribution in [-0.2, 0) is 17.9 Å². The number of carbonyl (C=O) groups excluding carboxylic acids is 1. The highest BCUT2D eigenvalue weighted by molar-refractivity contribution is 7.09. The number of likely N-dealkylation sites (tertiary alicyclic amines) is 1. The Balaban J connectivity index is 1.31. The van der Waals surface area contributed by atoms with Crippen molar-refractivity contribution in [3.63, 3.8) is 0 Å². The summed E-state index contributed by atoms with van der Waals surface area (Å²) in [5.74, 6) is 0.342. The number of rotatable bonds is 5. The topological polar surface area (TPSA) is 26.8 Å². The van der Waals surface area contributed by atoms with Crippen LogP contribution < -0.4 is 0 Å². The molecule has 0 N–H and O–H groups in total. The summed E-state index contributed by atoms with van der Waals surface area (Å²) in [5, 5.41) is 2.14. The minimum absolute atomic E-state index is 0.0686. The van der Waals surface area contributed by atoms with Crippen LogP contribution in [0.15, 0.2) is 47.8 Å². The van der Waals surface area contributed by atoms with Gasteiger partial charge < -0.3 is 4.90 Å². The number of hydrogen-bond donors (Lipinski definition) is 0. The zero-order valence-corrected chi connectivity index (χ0v) is 16.0. The van der Waals surface area contributed by atoms with Gasteiger partial charge in [0, 0.05) is 44.1 Å². The van der Waals surface area contributed by atoms with Gasteiger partial charge in [-0.2, -0.15) is 0 Å². The van der Waals surface area contributed by atoms with E-state index in [0.29, 0.717) is 5.91 Å². The van der Waals surface area contributed by atoms with Crippen molar-refractivity contribution >= 4 is 17.2 Å². The number of nitrogens with zero attached hydrogens (tertiary/aromatic N) is 3. The van der Waals surface area contributed by atoms with Crippen LogP contribution in [0.4, 0.5) is 0 Å². The second-order valence-electron chi connectivity index (χ2n) is 7.29. The van der Waals surface area contributed by atoms with Gasteiger partial charge in [-0.3, -0.25) is 14.6 Å². The monoisotopic (exact) mass is 369 g/mol. The van der Waals surface area contributed by atoms with E-state index in [0.717, 1.165) is 58.7 Å². The van der Waals surface area contributed by atoms with Crippen molar-refractivity contribution in [3.05, 3.63) is 58.3 Å². The standard InChI is InChI=1S/C21H27N3OS/c25-21(20-9-4-10-24(20)16-18-6-2-1-3-7-18)23-13-11-22(12-14-23)17-19-8-5-15-26-19/h1-3,5-8,15,20H,4,9-14,16-17H2. The molecule has 2 aliphatic rings. The minimum atomic E-state index is 0.0686. The Morgan fingerprint density at radius 2 is 1.77 bits per heavy atom. The maximum Gasteiger partial charge on any atom is 0.240 e. The quantitative estimate of drug-likeness (QED) is 0.810. The number of carbonyl (C=O) groups is 1. The third-order valence-corrected chi connectivity index (χ3v) is 6.38. The van der Waals surface area contributed by atoms with Crippen LogP contribution in [0.2, 0.25) is 0 Å². The molecule has 4 nitrogen and oxygen atoms in total. The maximum atomic E-state index is 13.1. The van der Waals surface area contributed by atoms with E-state index in [2.05, 4.69) is 56.5 Å². The molecule has 26 heavy (non-hydrogen) atoms. The number of benzene rings is 1. The lowest BCUT2D eigenvalue weighted by molar-refractivity contribution is -0.138. The van der Waals surface area contributed by atoms with Crippen LogP contribution in [-0.4, -0.2) is 59.4 Å². The van der Waals surface area contributed by atoms with E-state index in [1.165, 1.54) is 10.4 Å². The first kappa shape index (κ1) is 17.7. The molecule has 1 amide bonds. The van der Waals surface area contributed by atoms with Crippen molar-refractivity contribution in [1.29, 1.82) is 0 Å². The van der Waals surface area contributed by atoms with E-state index < -0.39 is 0 Å². The van der Waals surface area contributed by atoms with Crippen LogP contribution in [0.1, 0.15) is 23.3 Å². The van der Waals surface area contributed by atoms with Crippen LogP contribution in [0.5, 0.6) is 0 Å². The predicted molar refractivity (Wildman–Crippen MR) is 106 cm³/mol. The Morgan fingerprint density at radius 3 is 2.50 bits per heavy atom. The highest BCUT2D eigenvalue weighted by Crippen LogP contribution is 2.23. The van der Waals surface area contributed by atoms with Crippen molar-refractivity contribution in [2.24, 2.45) is 0 Å². The first-order valence-corrected chi connectivity index (χ1v) is 10.5. The van der Waals surface area contributed by atoms with Crippen molar-refractivity contribution in [1.82, 2.24) is 14.7 Å². The SMILES string of the molecule is O=C(C1CCCN1Cc1ccccc1)N1CCN(Cc2cccs2)CC1. The van der Waals surface area contributed by atoms with E-state index in [9.17, 15) is 4.79 Å². The van der Waals surface area contributed by atoms with Crippen LogP contribution in [0.3, 0.4) is 0 Å². The van der Waals surface area contributed by atoms with E-state index in [1.807, 2.05) is 17.4 Å².